The molecule has 146 valence electrons. The standard InChI is InChI=1S/C10H17F3N4O7S/c1-3-5-6(7(18)14-15-8(19)10(11,12)13)17(4-2)9(20)16-24-25(21,22)23/h6H,3-5H2,1-2H3,(H,14,18)(H,15,19)(H,16,20)(H,21,22,23)/t6-/m0/s1. The zero-order valence-electron chi connectivity index (χ0n) is 13.1. The van der Waals surface area contributed by atoms with Crippen molar-refractivity contribution in [1.82, 2.24) is 21.2 Å². The van der Waals surface area contributed by atoms with Crippen LogP contribution in [-0.2, 0) is 24.3 Å². The molecule has 0 saturated heterocycles. The fourth-order valence-electron chi connectivity index (χ4n) is 1.63. The molecule has 4 N–H and O–H groups in total. The minimum atomic E-state index is -5.22. The Labute approximate surface area is 140 Å². The Bertz CT molecular complexity index is 596. The van der Waals surface area contributed by atoms with E-state index >= 15 is 0 Å². The minimum Gasteiger partial charge on any atom is -0.311 e. The molecule has 0 aliphatic carbocycles. The van der Waals surface area contributed by atoms with E-state index in [1.54, 1.807) is 6.92 Å². The van der Waals surface area contributed by atoms with E-state index in [1.165, 1.54) is 17.8 Å². The second-order valence-corrected chi connectivity index (χ2v) is 5.47. The Morgan fingerprint density at radius 1 is 1.20 bits per heavy atom. The molecule has 25 heavy (non-hydrogen) atoms. The van der Waals surface area contributed by atoms with Gasteiger partial charge in [-0.25, -0.2) is 4.79 Å². The number of hydroxylamine groups is 1. The highest BCUT2D eigenvalue weighted by atomic mass is 32.3. The third-order valence-electron chi connectivity index (χ3n) is 2.63. The molecule has 0 aromatic rings. The predicted molar refractivity (Wildman–Crippen MR) is 74.6 cm³/mol. The predicted octanol–water partition coefficient (Wildman–Crippen LogP) is -0.369. The van der Waals surface area contributed by atoms with Gasteiger partial charge in [0, 0.05) is 6.54 Å². The molecule has 0 aromatic carbocycles. The molecule has 0 aliphatic heterocycles. The summed E-state index contributed by atoms with van der Waals surface area (Å²) in [5, 5.41) is 0. The van der Waals surface area contributed by atoms with Gasteiger partial charge in [-0.05, 0) is 13.3 Å². The lowest BCUT2D eigenvalue weighted by Crippen LogP contribution is -2.57. The van der Waals surface area contributed by atoms with Crippen molar-refractivity contribution < 1.29 is 44.8 Å². The summed E-state index contributed by atoms with van der Waals surface area (Å²) in [6.45, 7) is 2.82. The SMILES string of the molecule is CCC[C@@H](C(=O)NNC(=O)C(F)(F)F)N(CC)C(=O)NOS(=O)(=O)O. The van der Waals surface area contributed by atoms with Crippen molar-refractivity contribution in [2.75, 3.05) is 6.54 Å². The maximum Gasteiger partial charge on any atom is 0.472 e. The molecule has 15 heteroatoms. The van der Waals surface area contributed by atoms with Crippen LogP contribution in [-0.4, -0.2) is 54.5 Å². The Morgan fingerprint density at radius 2 is 1.76 bits per heavy atom. The van der Waals surface area contributed by atoms with Crippen LogP contribution in [0.1, 0.15) is 26.7 Å². The third kappa shape index (κ3) is 8.50. The lowest BCUT2D eigenvalue weighted by Gasteiger charge is -2.29. The van der Waals surface area contributed by atoms with Crippen molar-refractivity contribution in [2.24, 2.45) is 0 Å². The summed E-state index contributed by atoms with van der Waals surface area (Å²) in [5.41, 5.74) is 4.03. The molecule has 0 unspecified atom stereocenters. The Kier molecular flexibility index (Phi) is 8.58. The zero-order valence-corrected chi connectivity index (χ0v) is 13.9. The van der Waals surface area contributed by atoms with Gasteiger partial charge in [-0.3, -0.25) is 25.0 Å². The molecule has 0 aromatic heterocycles. The number of nitrogens with one attached hydrogen (secondary N) is 3. The van der Waals surface area contributed by atoms with Gasteiger partial charge in [-0.2, -0.15) is 27.1 Å². The first kappa shape index (κ1) is 22.9. The van der Waals surface area contributed by atoms with Crippen LogP contribution >= 0.6 is 0 Å². The second-order valence-electron chi connectivity index (χ2n) is 4.45. The number of hydrogen-bond acceptors (Lipinski definition) is 6. The van der Waals surface area contributed by atoms with Gasteiger partial charge < -0.3 is 4.90 Å². The van der Waals surface area contributed by atoms with Gasteiger partial charge in [0.25, 0.3) is 5.91 Å². The van der Waals surface area contributed by atoms with Crippen LogP contribution in [0.15, 0.2) is 0 Å². The van der Waals surface area contributed by atoms with E-state index in [2.05, 4.69) is 4.28 Å². The maximum atomic E-state index is 12.1. The van der Waals surface area contributed by atoms with Crippen LogP contribution < -0.4 is 16.3 Å². The van der Waals surface area contributed by atoms with Crippen molar-refractivity contribution in [3.05, 3.63) is 0 Å². The first-order chi connectivity index (χ1) is 11.3. The van der Waals surface area contributed by atoms with Crippen LogP contribution in [0.2, 0.25) is 0 Å². The number of likely N-dealkylation sites (N-methyl/N-ethyl adjacent to an activating group) is 1. The molecule has 0 fully saturated rings. The lowest BCUT2D eigenvalue weighted by molar-refractivity contribution is -0.175. The highest BCUT2D eigenvalue weighted by Crippen LogP contribution is 2.13. The van der Waals surface area contributed by atoms with Crippen LogP contribution in [0, 0.1) is 0 Å². The van der Waals surface area contributed by atoms with Crippen molar-refractivity contribution in [3.63, 3.8) is 0 Å². The normalized spacial score (nSPS) is 12.9. The minimum absolute atomic E-state index is 0.0269. The van der Waals surface area contributed by atoms with E-state index in [0.29, 0.717) is 6.42 Å². The number of nitrogens with zero attached hydrogens (tertiary/aromatic N) is 1. The fraction of sp³-hybridized carbons (Fsp3) is 0.700. The molecule has 0 radical (unpaired) electrons. The molecule has 11 nitrogen and oxygen atoms in total. The van der Waals surface area contributed by atoms with Gasteiger partial charge in [0.2, 0.25) is 0 Å². The summed E-state index contributed by atoms with van der Waals surface area (Å²) in [7, 11) is -5.00. The van der Waals surface area contributed by atoms with Crippen LogP contribution in [0.4, 0.5) is 18.0 Å². The smallest absolute Gasteiger partial charge is 0.311 e. The summed E-state index contributed by atoms with van der Waals surface area (Å²) in [4.78, 5) is 35.2. The highest BCUT2D eigenvalue weighted by molar-refractivity contribution is 7.80. The summed E-state index contributed by atoms with van der Waals surface area (Å²) in [6, 6.07) is -2.61. The summed E-state index contributed by atoms with van der Waals surface area (Å²) < 4.78 is 69.1. The quantitative estimate of drug-likeness (QED) is 0.339. The first-order valence-electron chi connectivity index (χ1n) is 6.73. The molecule has 0 heterocycles. The molecule has 0 aliphatic rings. The van der Waals surface area contributed by atoms with E-state index in [9.17, 15) is 36.0 Å². The monoisotopic (exact) mass is 394 g/mol. The number of urea groups is 1. The summed E-state index contributed by atoms with van der Waals surface area (Å²) in [6.07, 6.45) is -4.94. The van der Waals surface area contributed by atoms with Crippen molar-refractivity contribution in [1.29, 1.82) is 0 Å². The third-order valence-corrected chi connectivity index (χ3v) is 2.93. The van der Waals surface area contributed by atoms with Gasteiger partial charge in [-0.1, -0.05) is 13.3 Å². The van der Waals surface area contributed by atoms with Crippen LogP contribution in [0.25, 0.3) is 0 Å². The van der Waals surface area contributed by atoms with Crippen LogP contribution in [0.5, 0.6) is 0 Å². The van der Waals surface area contributed by atoms with Crippen LogP contribution in [0.3, 0.4) is 0 Å². The number of alkyl halides is 3. The molecule has 4 amide bonds. The zero-order chi connectivity index (χ0) is 19.8. The fourth-order valence-corrected chi connectivity index (χ4v) is 1.80. The van der Waals surface area contributed by atoms with Crippen molar-refractivity contribution in [2.45, 2.75) is 38.9 Å². The average molecular weight is 394 g/mol. The maximum absolute atomic E-state index is 12.1. The van der Waals surface area contributed by atoms with Crippen molar-refractivity contribution in [3.8, 4) is 0 Å². The van der Waals surface area contributed by atoms with Gasteiger partial charge >= 0.3 is 28.5 Å². The lowest BCUT2D eigenvalue weighted by atomic mass is 10.1. The molecule has 0 saturated carbocycles. The molecule has 0 rings (SSSR count). The number of carbonyl (C=O) groups excluding carboxylic acids is 3. The van der Waals surface area contributed by atoms with E-state index in [4.69, 9.17) is 4.55 Å². The Morgan fingerprint density at radius 3 is 2.16 bits per heavy atom. The molecule has 1 atom stereocenters. The molecular weight excluding hydrogens is 377 g/mol. The number of hydrazine groups is 1. The van der Waals surface area contributed by atoms with Crippen molar-refractivity contribution >= 4 is 28.2 Å². The second kappa shape index (κ2) is 9.38. The summed E-state index contributed by atoms with van der Waals surface area (Å²) in [5.74, 6) is -3.57. The highest BCUT2D eigenvalue weighted by Gasteiger charge is 2.39. The molecule has 0 spiro atoms. The number of hydrogen-bond donors (Lipinski definition) is 4. The topological polar surface area (TPSA) is 154 Å². The number of rotatable bonds is 7. The largest absolute Gasteiger partial charge is 0.472 e. The number of halogens is 3. The molecular formula is C10H17F3N4O7S. The van der Waals surface area contributed by atoms with E-state index in [-0.39, 0.29) is 13.0 Å². The van der Waals surface area contributed by atoms with Gasteiger partial charge in [-0.15, -0.1) is 4.28 Å². The summed E-state index contributed by atoms with van der Waals surface area (Å²) >= 11 is 0. The van der Waals surface area contributed by atoms with Gasteiger partial charge in [0.1, 0.15) is 6.04 Å². The average Bonchev–Trinajstić information content (AvgIpc) is 2.48. The first-order valence-corrected chi connectivity index (χ1v) is 8.09. The van der Waals surface area contributed by atoms with E-state index < -0.39 is 40.5 Å². The van der Waals surface area contributed by atoms with Gasteiger partial charge in [0.15, 0.2) is 0 Å². The number of amides is 4. The number of carbonyl (C=O) groups is 3. The van der Waals surface area contributed by atoms with Gasteiger partial charge in [0.05, 0.1) is 0 Å². The Balaban J connectivity index is 5.04. The molecule has 0 bridgehead atoms. The van der Waals surface area contributed by atoms with E-state index in [0.717, 1.165) is 10.3 Å². The van der Waals surface area contributed by atoms with E-state index in [1.807, 2.05) is 0 Å². The Hall–Kier alpha value is -2.13.